The Bertz CT molecular complexity index is 1240. The summed E-state index contributed by atoms with van der Waals surface area (Å²) in [6, 6.07) is 21.7. The van der Waals surface area contributed by atoms with E-state index in [1.165, 1.54) is 28.0 Å². The largest absolute Gasteiger partial charge is 0.448 e. The average Bonchev–Trinajstić information content (AvgIpc) is 3.43. The van der Waals surface area contributed by atoms with E-state index in [0.717, 1.165) is 16.0 Å². The lowest BCUT2D eigenvalue weighted by Crippen LogP contribution is -2.70. The summed E-state index contributed by atoms with van der Waals surface area (Å²) in [5.74, 6) is -0.960. The van der Waals surface area contributed by atoms with E-state index in [9.17, 15) is 19.5 Å². The van der Waals surface area contributed by atoms with Crippen LogP contribution in [0.3, 0.4) is 0 Å². The van der Waals surface area contributed by atoms with Crippen LogP contribution in [0.5, 0.6) is 0 Å². The molecule has 1 unspecified atom stereocenters. The first-order valence-corrected chi connectivity index (χ1v) is 13.4. The molecule has 184 valence electrons. The highest BCUT2D eigenvalue weighted by Gasteiger charge is 2.54. The lowest BCUT2D eigenvalue weighted by Gasteiger charge is -2.49. The zero-order chi connectivity index (χ0) is 25.1. The lowest BCUT2D eigenvalue weighted by atomic mass is 10.0. The predicted octanol–water partition coefficient (Wildman–Crippen LogP) is 3.27. The van der Waals surface area contributed by atoms with E-state index in [0.29, 0.717) is 11.3 Å². The van der Waals surface area contributed by atoms with Crippen molar-refractivity contribution >= 4 is 40.9 Å². The van der Waals surface area contributed by atoms with Crippen molar-refractivity contribution in [1.29, 1.82) is 0 Å². The minimum atomic E-state index is -0.732. The first-order chi connectivity index (χ1) is 17.6. The van der Waals surface area contributed by atoms with E-state index in [2.05, 4.69) is 5.32 Å². The van der Waals surface area contributed by atoms with Crippen LogP contribution in [0.25, 0.3) is 0 Å². The fourth-order valence-electron chi connectivity index (χ4n) is 4.34. The number of β-lactam (4-membered cyclic amide) rings is 1. The summed E-state index contributed by atoms with van der Waals surface area (Å²) in [5, 5.41) is 14.2. The van der Waals surface area contributed by atoms with Crippen LogP contribution in [-0.4, -0.2) is 51.6 Å². The fraction of sp³-hybridized carbons (Fsp3) is 0.222. The highest BCUT2D eigenvalue weighted by atomic mass is 32.2. The molecule has 0 spiro atoms. The molecule has 3 aromatic rings. The van der Waals surface area contributed by atoms with E-state index < -0.39 is 23.5 Å². The highest BCUT2D eigenvalue weighted by Crippen LogP contribution is 2.41. The number of ether oxygens (including phenoxy) is 1. The molecule has 0 aliphatic carbocycles. The Labute approximate surface area is 216 Å². The van der Waals surface area contributed by atoms with Gasteiger partial charge in [0.25, 0.3) is 5.91 Å². The van der Waals surface area contributed by atoms with Crippen molar-refractivity contribution in [1.82, 2.24) is 10.2 Å². The van der Waals surface area contributed by atoms with E-state index in [1.807, 2.05) is 78.2 Å². The van der Waals surface area contributed by atoms with Crippen LogP contribution in [0.4, 0.5) is 0 Å². The number of nitrogens with zero attached hydrogens (tertiary/aromatic N) is 1. The molecule has 2 aromatic carbocycles. The van der Waals surface area contributed by atoms with Crippen molar-refractivity contribution in [2.75, 3.05) is 12.4 Å². The third-order valence-electron chi connectivity index (χ3n) is 6.09. The lowest BCUT2D eigenvalue weighted by molar-refractivity contribution is -0.154. The molecule has 2 atom stereocenters. The zero-order valence-corrected chi connectivity index (χ0v) is 20.8. The number of aliphatic hydroxyl groups excluding tert-OH is 1. The number of aliphatic hydroxyl groups is 1. The van der Waals surface area contributed by atoms with Crippen molar-refractivity contribution in [3.8, 4) is 0 Å². The van der Waals surface area contributed by atoms with E-state index in [1.54, 1.807) is 0 Å². The van der Waals surface area contributed by atoms with E-state index in [-0.39, 0.29) is 30.5 Å². The standard InChI is InChI=1S/C27H24N2O5S2/c30-15-19-16-36-26-22(28-21(31)14-20-12-7-13-35-20)25(32)29(26)23(19)27(33)34-24(17-8-3-1-4-9-17)18-10-5-2-6-11-18/h1-13,22,24,26,30H,14-16H2,(H,28,31)/t22-,26?/m1/s1. The number of benzene rings is 2. The number of amides is 2. The molecule has 1 saturated heterocycles. The van der Waals surface area contributed by atoms with Crippen molar-refractivity contribution in [2.24, 2.45) is 0 Å². The summed E-state index contributed by atoms with van der Waals surface area (Å²) in [6.45, 7) is -0.370. The monoisotopic (exact) mass is 520 g/mol. The second kappa shape index (κ2) is 10.7. The van der Waals surface area contributed by atoms with Crippen LogP contribution in [0, 0.1) is 0 Å². The Balaban J connectivity index is 1.36. The average molecular weight is 521 g/mol. The maximum Gasteiger partial charge on any atom is 0.356 e. The second-order valence-corrected chi connectivity index (χ2v) is 10.6. The van der Waals surface area contributed by atoms with Gasteiger partial charge in [0.2, 0.25) is 5.91 Å². The quantitative estimate of drug-likeness (QED) is 0.350. The summed E-state index contributed by atoms with van der Waals surface area (Å²) >= 11 is 2.89. The molecule has 5 rings (SSSR count). The molecular weight excluding hydrogens is 496 g/mol. The number of fused-ring (bicyclic) bond motifs is 1. The molecule has 2 aliphatic heterocycles. The normalized spacial score (nSPS) is 19.1. The predicted molar refractivity (Wildman–Crippen MR) is 138 cm³/mol. The third-order valence-corrected chi connectivity index (χ3v) is 8.31. The maximum absolute atomic E-state index is 13.5. The van der Waals surface area contributed by atoms with Crippen molar-refractivity contribution in [2.45, 2.75) is 23.9 Å². The van der Waals surface area contributed by atoms with Gasteiger partial charge in [-0.05, 0) is 28.1 Å². The summed E-state index contributed by atoms with van der Waals surface area (Å²) in [5.41, 5.74) is 2.07. The van der Waals surface area contributed by atoms with Crippen LogP contribution in [0.1, 0.15) is 22.1 Å². The highest BCUT2D eigenvalue weighted by molar-refractivity contribution is 8.00. The Kier molecular flexibility index (Phi) is 7.22. The number of carbonyl (C=O) groups is 3. The van der Waals surface area contributed by atoms with Gasteiger partial charge in [-0.3, -0.25) is 14.5 Å². The van der Waals surface area contributed by atoms with E-state index >= 15 is 0 Å². The number of hydrogen-bond acceptors (Lipinski definition) is 7. The number of hydrogen-bond donors (Lipinski definition) is 2. The van der Waals surface area contributed by atoms with Gasteiger partial charge in [-0.25, -0.2) is 4.79 Å². The molecule has 2 aliphatic rings. The molecule has 1 aromatic heterocycles. The minimum absolute atomic E-state index is 0.0619. The SMILES string of the molecule is O=C(Cc1cccs1)N[C@@H]1C(=O)N2C(C(=O)OC(c3ccccc3)c3ccccc3)=C(CO)CSC12. The fourth-order valence-corrected chi connectivity index (χ4v) is 6.37. The van der Waals surface area contributed by atoms with Crippen LogP contribution < -0.4 is 5.32 Å². The topological polar surface area (TPSA) is 95.9 Å². The van der Waals surface area contributed by atoms with E-state index in [4.69, 9.17) is 4.74 Å². The Morgan fingerprint density at radius 3 is 2.28 bits per heavy atom. The molecule has 3 heterocycles. The van der Waals surface area contributed by atoms with Gasteiger partial charge in [-0.15, -0.1) is 23.1 Å². The molecular formula is C27H24N2O5S2. The number of rotatable bonds is 8. The van der Waals surface area contributed by atoms with Crippen molar-refractivity contribution in [3.05, 3.63) is 105 Å². The molecule has 2 N–H and O–H groups in total. The molecule has 2 amide bonds. The number of carbonyl (C=O) groups excluding carboxylic acids is 3. The van der Waals surface area contributed by atoms with Gasteiger partial charge in [0.05, 0.1) is 13.0 Å². The maximum atomic E-state index is 13.5. The van der Waals surface area contributed by atoms with Gasteiger partial charge >= 0.3 is 5.97 Å². The van der Waals surface area contributed by atoms with Crippen LogP contribution in [0.15, 0.2) is 89.4 Å². The van der Waals surface area contributed by atoms with Crippen molar-refractivity contribution < 1.29 is 24.2 Å². The molecule has 0 radical (unpaired) electrons. The van der Waals surface area contributed by atoms with Gasteiger partial charge in [0, 0.05) is 10.6 Å². The van der Waals surface area contributed by atoms with Crippen molar-refractivity contribution in [3.63, 3.8) is 0 Å². The molecule has 36 heavy (non-hydrogen) atoms. The third kappa shape index (κ3) is 4.82. The second-order valence-electron chi connectivity index (χ2n) is 8.43. The van der Waals surface area contributed by atoms with Gasteiger partial charge in [-0.2, -0.15) is 0 Å². The Hall–Kier alpha value is -3.40. The number of thiophene rings is 1. The minimum Gasteiger partial charge on any atom is -0.448 e. The van der Waals surface area contributed by atoms with Gasteiger partial charge in [0.1, 0.15) is 17.1 Å². The molecule has 0 bridgehead atoms. The Morgan fingerprint density at radius 1 is 1.03 bits per heavy atom. The summed E-state index contributed by atoms with van der Waals surface area (Å²) in [4.78, 5) is 41.4. The van der Waals surface area contributed by atoms with Gasteiger partial charge in [-0.1, -0.05) is 66.7 Å². The Morgan fingerprint density at radius 2 is 1.69 bits per heavy atom. The summed E-state index contributed by atoms with van der Waals surface area (Å²) in [7, 11) is 0. The zero-order valence-electron chi connectivity index (χ0n) is 19.2. The number of nitrogens with one attached hydrogen (secondary N) is 1. The van der Waals surface area contributed by atoms with Gasteiger partial charge in [0.15, 0.2) is 6.10 Å². The molecule has 9 heteroatoms. The van der Waals surface area contributed by atoms with Crippen LogP contribution >= 0.6 is 23.1 Å². The first kappa shape index (κ1) is 24.3. The molecule has 1 fully saturated rings. The smallest absolute Gasteiger partial charge is 0.356 e. The first-order valence-electron chi connectivity index (χ1n) is 11.5. The number of thioether (sulfide) groups is 1. The van der Waals surface area contributed by atoms with Gasteiger partial charge < -0.3 is 15.2 Å². The number of esters is 1. The summed E-state index contributed by atoms with van der Waals surface area (Å²) in [6.07, 6.45) is -0.487. The van der Waals surface area contributed by atoms with Crippen LogP contribution in [-0.2, 0) is 25.5 Å². The summed E-state index contributed by atoms with van der Waals surface area (Å²) < 4.78 is 5.98. The van der Waals surface area contributed by atoms with Crippen LogP contribution in [0.2, 0.25) is 0 Å². The molecule has 0 saturated carbocycles. The molecule has 7 nitrogen and oxygen atoms in total.